The van der Waals surface area contributed by atoms with Crippen LogP contribution in [0.15, 0.2) is 0 Å². The number of rotatable bonds is 1. The third-order valence-corrected chi connectivity index (χ3v) is 5.71. The molecule has 2 aliphatic rings. The highest BCUT2D eigenvalue weighted by molar-refractivity contribution is 7.91. The summed E-state index contributed by atoms with van der Waals surface area (Å²) in [6, 6.07) is -0.780. The number of amides is 3. The molecule has 0 spiro atoms. The molecule has 3 unspecified atom stereocenters. The van der Waals surface area contributed by atoms with Crippen LogP contribution in [0.3, 0.4) is 0 Å². The fourth-order valence-electron chi connectivity index (χ4n) is 2.70. The summed E-state index contributed by atoms with van der Waals surface area (Å²) >= 11 is 0. The minimum atomic E-state index is -3.03. The van der Waals surface area contributed by atoms with Crippen molar-refractivity contribution in [2.24, 2.45) is 0 Å². The van der Waals surface area contributed by atoms with Gasteiger partial charge in [0.1, 0.15) is 0 Å². The van der Waals surface area contributed by atoms with Gasteiger partial charge in [-0.1, -0.05) is 0 Å². The first-order chi connectivity index (χ1) is 9.28. The lowest BCUT2D eigenvalue weighted by Crippen LogP contribution is -2.59. The van der Waals surface area contributed by atoms with E-state index >= 15 is 0 Å². The fourth-order valence-corrected chi connectivity index (χ4v) is 4.26. The molecule has 0 bridgehead atoms. The smallest absolute Gasteiger partial charge is 0.317 e. The van der Waals surface area contributed by atoms with Crippen molar-refractivity contribution in [1.29, 1.82) is 0 Å². The molecule has 114 valence electrons. The standard InChI is InChI=1S/C12H21N3O4S/c1-8-7-20(18,19)6-5-15(8)12(17)14-10-3-4-11(16)13-9(10)2/h8-10H,3-7H2,1-2H3,(H,13,16)(H,14,17). The quantitative estimate of drug-likeness (QED) is 0.681. The average molecular weight is 303 g/mol. The molecule has 2 heterocycles. The van der Waals surface area contributed by atoms with E-state index in [2.05, 4.69) is 10.6 Å². The normalized spacial score (nSPS) is 33.4. The Labute approximate surface area is 119 Å². The monoisotopic (exact) mass is 303 g/mol. The van der Waals surface area contributed by atoms with Crippen molar-refractivity contribution >= 4 is 21.8 Å². The molecule has 2 fully saturated rings. The number of carbonyl (C=O) groups is 2. The molecule has 2 saturated heterocycles. The molecule has 0 aliphatic carbocycles. The predicted octanol–water partition coefficient (Wildman–Crippen LogP) is -0.518. The zero-order valence-corrected chi connectivity index (χ0v) is 12.6. The van der Waals surface area contributed by atoms with Crippen LogP contribution in [0.2, 0.25) is 0 Å². The van der Waals surface area contributed by atoms with E-state index in [4.69, 9.17) is 0 Å². The molecule has 20 heavy (non-hydrogen) atoms. The fraction of sp³-hybridized carbons (Fsp3) is 0.833. The Balaban J connectivity index is 1.93. The van der Waals surface area contributed by atoms with Crippen molar-refractivity contribution in [2.45, 2.75) is 44.8 Å². The molecule has 0 aromatic rings. The van der Waals surface area contributed by atoms with Gasteiger partial charge < -0.3 is 15.5 Å². The number of urea groups is 1. The number of hydrogen-bond acceptors (Lipinski definition) is 4. The molecule has 0 radical (unpaired) electrons. The Hall–Kier alpha value is -1.31. The molecule has 0 aromatic heterocycles. The van der Waals surface area contributed by atoms with Crippen LogP contribution in [0.4, 0.5) is 4.79 Å². The van der Waals surface area contributed by atoms with E-state index < -0.39 is 9.84 Å². The van der Waals surface area contributed by atoms with Crippen molar-refractivity contribution in [2.75, 3.05) is 18.1 Å². The summed E-state index contributed by atoms with van der Waals surface area (Å²) in [7, 11) is -3.03. The summed E-state index contributed by atoms with van der Waals surface area (Å²) in [5, 5.41) is 5.69. The number of carbonyl (C=O) groups excluding carboxylic acids is 2. The third kappa shape index (κ3) is 3.41. The van der Waals surface area contributed by atoms with Gasteiger partial charge in [0.05, 0.1) is 17.5 Å². The zero-order chi connectivity index (χ0) is 14.9. The van der Waals surface area contributed by atoms with E-state index in [0.29, 0.717) is 12.8 Å². The maximum absolute atomic E-state index is 12.2. The van der Waals surface area contributed by atoms with Gasteiger partial charge in [-0.25, -0.2) is 13.2 Å². The maximum Gasteiger partial charge on any atom is 0.317 e. The zero-order valence-electron chi connectivity index (χ0n) is 11.8. The van der Waals surface area contributed by atoms with Gasteiger partial charge in [0.15, 0.2) is 9.84 Å². The molecule has 2 rings (SSSR count). The molecule has 3 amide bonds. The second-order valence-corrected chi connectivity index (χ2v) is 7.84. The molecule has 7 nitrogen and oxygen atoms in total. The summed E-state index contributed by atoms with van der Waals surface area (Å²) in [6.07, 6.45) is 1.01. The van der Waals surface area contributed by atoms with Crippen LogP contribution >= 0.6 is 0 Å². The lowest BCUT2D eigenvalue weighted by molar-refractivity contribution is -0.123. The van der Waals surface area contributed by atoms with E-state index in [-0.39, 0.29) is 48.1 Å². The average Bonchev–Trinajstić information content (AvgIpc) is 2.31. The van der Waals surface area contributed by atoms with Crippen LogP contribution in [0.5, 0.6) is 0 Å². The molecule has 0 saturated carbocycles. The highest BCUT2D eigenvalue weighted by Gasteiger charge is 2.33. The van der Waals surface area contributed by atoms with Gasteiger partial charge in [0, 0.05) is 25.0 Å². The lowest BCUT2D eigenvalue weighted by Gasteiger charge is -2.36. The van der Waals surface area contributed by atoms with Crippen molar-refractivity contribution in [3.05, 3.63) is 0 Å². The topological polar surface area (TPSA) is 95.6 Å². The number of sulfone groups is 1. The van der Waals surface area contributed by atoms with Crippen LogP contribution in [0.25, 0.3) is 0 Å². The first kappa shape index (κ1) is 15.1. The first-order valence-electron chi connectivity index (χ1n) is 6.85. The number of piperidine rings is 1. The van der Waals surface area contributed by atoms with Crippen LogP contribution in [0.1, 0.15) is 26.7 Å². The molecular formula is C12H21N3O4S. The van der Waals surface area contributed by atoms with Crippen molar-refractivity contribution in [3.63, 3.8) is 0 Å². The SMILES string of the molecule is CC1NC(=O)CCC1NC(=O)N1CCS(=O)(=O)CC1C. The Kier molecular flexibility index (Phi) is 4.22. The Bertz CT molecular complexity index is 505. The van der Waals surface area contributed by atoms with Gasteiger partial charge in [0.25, 0.3) is 0 Å². The summed E-state index contributed by atoms with van der Waals surface area (Å²) in [5.74, 6) is 0.0273. The molecule has 2 N–H and O–H groups in total. The molecular weight excluding hydrogens is 282 g/mol. The highest BCUT2D eigenvalue weighted by atomic mass is 32.2. The Morgan fingerprint density at radius 3 is 2.70 bits per heavy atom. The van der Waals surface area contributed by atoms with Gasteiger partial charge in [-0.3, -0.25) is 4.79 Å². The van der Waals surface area contributed by atoms with E-state index in [0.717, 1.165) is 0 Å². The molecule has 3 atom stereocenters. The van der Waals surface area contributed by atoms with Crippen molar-refractivity contribution in [1.82, 2.24) is 15.5 Å². The van der Waals surface area contributed by atoms with Crippen LogP contribution < -0.4 is 10.6 Å². The van der Waals surface area contributed by atoms with Gasteiger partial charge in [-0.15, -0.1) is 0 Å². The number of nitrogens with zero attached hydrogens (tertiary/aromatic N) is 1. The van der Waals surface area contributed by atoms with E-state index in [1.165, 1.54) is 0 Å². The number of nitrogens with one attached hydrogen (secondary N) is 2. The Morgan fingerprint density at radius 2 is 2.10 bits per heavy atom. The van der Waals surface area contributed by atoms with Crippen LogP contribution in [0, 0.1) is 0 Å². The van der Waals surface area contributed by atoms with Gasteiger partial charge in [-0.2, -0.15) is 0 Å². The van der Waals surface area contributed by atoms with Gasteiger partial charge in [-0.05, 0) is 20.3 Å². The van der Waals surface area contributed by atoms with Crippen molar-refractivity contribution < 1.29 is 18.0 Å². The third-order valence-electron chi connectivity index (χ3n) is 3.91. The van der Waals surface area contributed by atoms with Gasteiger partial charge >= 0.3 is 6.03 Å². The van der Waals surface area contributed by atoms with Gasteiger partial charge in [0.2, 0.25) is 5.91 Å². The molecule has 0 aromatic carbocycles. The summed E-state index contributed by atoms with van der Waals surface area (Å²) in [4.78, 5) is 25.0. The van der Waals surface area contributed by atoms with E-state index in [1.54, 1.807) is 11.8 Å². The lowest BCUT2D eigenvalue weighted by atomic mass is 9.99. The van der Waals surface area contributed by atoms with Crippen molar-refractivity contribution in [3.8, 4) is 0 Å². The van der Waals surface area contributed by atoms with Crippen LogP contribution in [-0.2, 0) is 14.6 Å². The first-order valence-corrected chi connectivity index (χ1v) is 8.67. The largest absolute Gasteiger partial charge is 0.352 e. The number of hydrogen-bond donors (Lipinski definition) is 2. The van der Waals surface area contributed by atoms with E-state index in [9.17, 15) is 18.0 Å². The second-order valence-electron chi connectivity index (χ2n) is 5.61. The van der Waals surface area contributed by atoms with Crippen LogP contribution in [-0.4, -0.2) is 61.4 Å². The molecule has 2 aliphatic heterocycles. The second kappa shape index (κ2) is 5.59. The predicted molar refractivity (Wildman–Crippen MR) is 74.0 cm³/mol. The highest BCUT2D eigenvalue weighted by Crippen LogP contribution is 2.14. The maximum atomic E-state index is 12.2. The summed E-state index contributed by atoms with van der Waals surface area (Å²) in [5.41, 5.74) is 0. The summed E-state index contributed by atoms with van der Waals surface area (Å²) in [6.45, 7) is 3.82. The molecule has 8 heteroatoms. The minimum Gasteiger partial charge on any atom is -0.352 e. The Morgan fingerprint density at radius 1 is 1.40 bits per heavy atom. The summed E-state index contributed by atoms with van der Waals surface area (Å²) < 4.78 is 23.0. The minimum absolute atomic E-state index is 0.000401. The van der Waals surface area contributed by atoms with E-state index in [1.807, 2.05) is 6.92 Å².